The molecular formula is C18H15BrFN3O3. The normalized spacial score (nSPS) is 19.4. The summed E-state index contributed by atoms with van der Waals surface area (Å²) in [7, 11) is 0. The van der Waals surface area contributed by atoms with E-state index in [2.05, 4.69) is 26.6 Å². The molecule has 134 valence electrons. The quantitative estimate of drug-likeness (QED) is 0.747. The number of anilines is 1. The largest absolute Gasteiger partial charge is 0.325 e. The van der Waals surface area contributed by atoms with Crippen molar-refractivity contribution in [3.05, 3.63) is 64.4 Å². The smallest absolute Gasteiger partial charge is 0.322 e. The highest BCUT2D eigenvalue weighted by Crippen LogP contribution is 2.28. The van der Waals surface area contributed by atoms with Crippen molar-refractivity contribution >= 4 is 39.5 Å². The SMILES string of the molecule is CC1(c2ccccc2)NC(=O)N(CC(=O)Nc2ccc(Br)cc2F)C1=O. The van der Waals surface area contributed by atoms with E-state index in [-0.39, 0.29) is 5.69 Å². The summed E-state index contributed by atoms with van der Waals surface area (Å²) < 4.78 is 14.3. The maximum Gasteiger partial charge on any atom is 0.325 e. The van der Waals surface area contributed by atoms with Crippen molar-refractivity contribution in [2.75, 3.05) is 11.9 Å². The van der Waals surface area contributed by atoms with E-state index in [4.69, 9.17) is 0 Å². The molecule has 2 aromatic rings. The fourth-order valence-corrected chi connectivity index (χ4v) is 3.07. The number of hydrogen-bond acceptors (Lipinski definition) is 3. The molecule has 0 bridgehead atoms. The molecule has 1 aliphatic rings. The van der Waals surface area contributed by atoms with Crippen molar-refractivity contribution < 1.29 is 18.8 Å². The van der Waals surface area contributed by atoms with Gasteiger partial charge in [-0.3, -0.25) is 14.5 Å². The van der Waals surface area contributed by atoms with Gasteiger partial charge in [-0.05, 0) is 30.7 Å². The zero-order valence-electron chi connectivity index (χ0n) is 13.8. The summed E-state index contributed by atoms with van der Waals surface area (Å²) in [4.78, 5) is 37.9. The van der Waals surface area contributed by atoms with Crippen molar-refractivity contribution in [1.29, 1.82) is 0 Å². The molecule has 4 amide bonds. The van der Waals surface area contributed by atoms with Crippen LogP contribution in [0, 0.1) is 5.82 Å². The second kappa shape index (κ2) is 6.87. The van der Waals surface area contributed by atoms with Gasteiger partial charge in [0.2, 0.25) is 5.91 Å². The van der Waals surface area contributed by atoms with Crippen LogP contribution < -0.4 is 10.6 Å². The van der Waals surface area contributed by atoms with Crippen molar-refractivity contribution in [2.45, 2.75) is 12.5 Å². The molecule has 0 radical (unpaired) electrons. The number of imide groups is 1. The Kier molecular flexibility index (Phi) is 4.78. The van der Waals surface area contributed by atoms with Gasteiger partial charge >= 0.3 is 6.03 Å². The average Bonchev–Trinajstić information content (AvgIpc) is 2.82. The molecule has 0 saturated carbocycles. The number of nitrogens with one attached hydrogen (secondary N) is 2. The zero-order valence-corrected chi connectivity index (χ0v) is 15.3. The molecule has 0 aromatic heterocycles. The van der Waals surface area contributed by atoms with Gasteiger partial charge in [0.25, 0.3) is 5.91 Å². The van der Waals surface area contributed by atoms with Gasteiger partial charge in [-0.25, -0.2) is 9.18 Å². The Labute approximate surface area is 157 Å². The highest BCUT2D eigenvalue weighted by Gasteiger charge is 2.49. The lowest BCUT2D eigenvalue weighted by Gasteiger charge is -2.22. The Morgan fingerprint density at radius 2 is 1.92 bits per heavy atom. The number of carbonyl (C=O) groups is 3. The van der Waals surface area contributed by atoms with Crippen LogP contribution in [0.3, 0.4) is 0 Å². The van der Waals surface area contributed by atoms with Gasteiger partial charge in [0.1, 0.15) is 17.9 Å². The Morgan fingerprint density at radius 1 is 1.23 bits per heavy atom. The van der Waals surface area contributed by atoms with Crippen LogP contribution in [-0.2, 0) is 15.1 Å². The molecule has 1 unspecified atom stereocenters. The first-order valence-corrected chi connectivity index (χ1v) is 8.55. The zero-order chi connectivity index (χ0) is 18.9. The molecule has 1 atom stereocenters. The van der Waals surface area contributed by atoms with E-state index < -0.39 is 35.7 Å². The third kappa shape index (κ3) is 3.32. The molecule has 26 heavy (non-hydrogen) atoms. The van der Waals surface area contributed by atoms with E-state index in [1.165, 1.54) is 12.1 Å². The van der Waals surface area contributed by atoms with E-state index in [0.29, 0.717) is 10.0 Å². The Hall–Kier alpha value is -2.74. The standard InChI is InChI=1S/C18H15BrFN3O3/c1-18(11-5-3-2-4-6-11)16(25)23(17(26)22-18)10-15(24)21-14-8-7-12(19)9-13(14)20/h2-9H,10H2,1H3,(H,21,24)(H,22,26). The number of carbonyl (C=O) groups excluding carboxylic acids is 3. The van der Waals surface area contributed by atoms with Crippen molar-refractivity contribution in [1.82, 2.24) is 10.2 Å². The van der Waals surface area contributed by atoms with Crippen LogP contribution in [0.4, 0.5) is 14.9 Å². The fourth-order valence-electron chi connectivity index (χ4n) is 2.73. The second-order valence-corrected chi connectivity index (χ2v) is 6.90. The van der Waals surface area contributed by atoms with Crippen LogP contribution in [0.5, 0.6) is 0 Å². The third-order valence-corrected chi connectivity index (χ3v) is 4.63. The number of benzene rings is 2. The maximum absolute atomic E-state index is 13.8. The molecule has 2 aromatic carbocycles. The molecule has 6 nitrogen and oxygen atoms in total. The predicted molar refractivity (Wildman–Crippen MR) is 96.8 cm³/mol. The molecule has 1 saturated heterocycles. The lowest BCUT2D eigenvalue weighted by Crippen LogP contribution is -2.42. The summed E-state index contributed by atoms with van der Waals surface area (Å²) in [5.74, 6) is -1.84. The number of nitrogens with zero attached hydrogens (tertiary/aromatic N) is 1. The van der Waals surface area contributed by atoms with Gasteiger partial charge < -0.3 is 10.6 Å². The molecule has 8 heteroatoms. The molecular weight excluding hydrogens is 405 g/mol. The number of amides is 4. The first kappa shape index (κ1) is 18.1. The molecule has 0 aliphatic carbocycles. The van der Waals surface area contributed by atoms with Gasteiger partial charge in [-0.2, -0.15) is 0 Å². The van der Waals surface area contributed by atoms with Crippen LogP contribution >= 0.6 is 15.9 Å². The monoisotopic (exact) mass is 419 g/mol. The summed E-state index contributed by atoms with van der Waals surface area (Å²) in [6.07, 6.45) is 0. The number of urea groups is 1. The summed E-state index contributed by atoms with van der Waals surface area (Å²) in [6.45, 7) is 1.07. The van der Waals surface area contributed by atoms with Crippen LogP contribution in [0.15, 0.2) is 53.0 Å². The number of rotatable bonds is 4. The summed E-state index contributed by atoms with van der Waals surface area (Å²) in [5.41, 5.74) is -0.669. The minimum Gasteiger partial charge on any atom is -0.322 e. The minimum absolute atomic E-state index is 0.0314. The predicted octanol–water partition coefficient (Wildman–Crippen LogP) is 2.99. The van der Waals surface area contributed by atoms with Crippen LogP contribution in [0.2, 0.25) is 0 Å². The van der Waals surface area contributed by atoms with E-state index in [0.717, 1.165) is 4.90 Å². The molecule has 1 heterocycles. The van der Waals surface area contributed by atoms with Gasteiger partial charge in [-0.1, -0.05) is 46.3 Å². The Morgan fingerprint density at radius 3 is 2.58 bits per heavy atom. The van der Waals surface area contributed by atoms with Gasteiger partial charge in [0.15, 0.2) is 0 Å². The first-order chi connectivity index (χ1) is 12.3. The number of halogens is 2. The van der Waals surface area contributed by atoms with Gasteiger partial charge in [0, 0.05) is 4.47 Å². The van der Waals surface area contributed by atoms with Crippen LogP contribution in [-0.4, -0.2) is 29.3 Å². The minimum atomic E-state index is -1.25. The van der Waals surface area contributed by atoms with E-state index in [9.17, 15) is 18.8 Å². The highest BCUT2D eigenvalue weighted by atomic mass is 79.9. The Balaban J connectivity index is 1.74. The molecule has 0 spiro atoms. The Bertz CT molecular complexity index is 891. The van der Waals surface area contributed by atoms with Crippen molar-refractivity contribution in [3.8, 4) is 0 Å². The second-order valence-electron chi connectivity index (χ2n) is 5.98. The van der Waals surface area contributed by atoms with Gasteiger partial charge in [0.05, 0.1) is 5.69 Å². The van der Waals surface area contributed by atoms with Crippen LogP contribution in [0.25, 0.3) is 0 Å². The van der Waals surface area contributed by atoms with Crippen molar-refractivity contribution in [2.24, 2.45) is 0 Å². The number of hydrogen-bond donors (Lipinski definition) is 2. The fraction of sp³-hybridized carbons (Fsp3) is 0.167. The molecule has 1 aliphatic heterocycles. The molecule has 2 N–H and O–H groups in total. The average molecular weight is 420 g/mol. The lowest BCUT2D eigenvalue weighted by atomic mass is 9.92. The van der Waals surface area contributed by atoms with E-state index in [1.807, 2.05) is 0 Å². The topological polar surface area (TPSA) is 78.5 Å². The van der Waals surface area contributed by atoms with E-state index in [1.54, 1.807) is 43.3 Å². The lowest BCUT2D eigenvalue weighted by molar-refractivity contribution is -0.133. The van der Waals surface area contributed by atoms with Crippen molar-refractivity contribution in [3.63, 3.8) is 0 Å². The summed E-state index contributed by atoms with van der Waals surface area (Å²) >= 11 is 3.13. The van der Waals surface area contributed by atoms with Crippen LogP contribution in [0.1, 0.15) is 12.5 Å². The molecule has 1 fully saturated rings. The summed E-state index contributed by atoms with van der Waals surface area (Å²) in [6, 6.07) is 12.2. The highest BCUT2D eigenvalue weighted by molar-refractivity contribution is 9.10. The van der Waals surface area contributed by atoms with E-state index >= 15 is 0 Å². The third-order valence-electron chi connectivity index (χ3n) is 4.13. The van der Waals surface area contributed by atoms with Gasteiger partial charge in [-0.15, -0.1) is 0 Å². The first-order valence-electron chi connectivity index (χ1n) is 7.76. The summed E-state index contributed by atoms with van der Waals surface area (Å²) in [5, 5.41) is 4.98. The molecule has 3 rings (SSSR count). The maximum atomic E-state index is 13.8.